The fraction of sp³-hybridized carbons (Fsp3) is 0.167. The molecule has 1 unspecified atom stereocenters. The normalized spacial score (nSPS) is 12.4. The van der Waals surface area contributed by atoms with Crippen molar-refractivity contribution in [3.63, 3.8) is 0 Å². The number of rotatable bonds is 6. The van der Waals surface area contributed by atoms with Gasteiger partial charge in [0.05, 0.1) is 10.6 Å². The first-order valence-corrected chi connectivity index (χ1v) is 10.6. The van der Waals surface area contributed by atoms with Crippen molar-refractivity contribution in [2.45, 2.75) is 11.8 Å². The van der Waals surface area contributed by atoms with E-state index in [1.807, 2.05) is 6.92 Å². The Hall–Kier alpha value is -2.25. The number of anilines is 1. The standard InChI is InChI=1S/C18H19NO4S2/c1-4-15-7-5-6-8-17(15)19(18(20)13-24(3)21)25(22,23)16-11-9-14(2)10-12-16/h4-12H,1,13H2,2-3H3. The number of amides is 1. The molecule has 0 saturated heterocycles. The van der Waals surface area contributed by atoms with E-state index in [4.69, 9.17) is 0 Å². The minimum atomic E-state index is -4.15. The molecule has 2 rings (SSSR count). The Bertz CT molecular complexity index is 918. The highest BCUT2D eigenvalue weighted by Crippen LogP contribution is 2.28. The summed E-state index contributed by atoms with van der Waals surface area (Å²) in [7, 11) is -5.62. The zero-order chi connectivity index (χ0) is 18.6. The molecule has 1 amide bonds. The number of nitrogens with zero attached hydrogens (tertiary/aromatic N) is 1. The van der Waals surface area contributed by atoms with E-state index in [9.17, 15) is 17.4 Å². The van der Waals surface area contributed by atoms with Gasteiger partial charge in [-0.1, -0.05) is 48.6 Å². The molecule has 132 valence electrons. The van der Waals surface area contributed by atoms with Gasteiger partial charge in [-0.2, -0.15) is 0 Å². The highest BCUT2D eigenvalue weighted by molar-refractivity contribution is 7.94. The second kappa shape index (κ2) is 7.76. The van der Waals surface area contributed by atoms with E-state index in [0.717, 1.165) is 9.87 Å². The van der Waals surface area contributed by atoms with Crippen molar-refractivity contribution in [1.29, 1.82) is 0 Å². The van der Waals surface area contributed by atoms with Crippen molar-refractivity contribution in [2.75, 3.05) is 16.3 Å². The summed E-state index contributed by atoms with van der Waals surface area (Å²) in [4.78, 5) is 12.6. The average molecular weight is 377 g/mol. The molecule has 0 fully saturated rings. The number of para-hydroxylation sites is 1. The Morgan fingerprint density at radius 3 is 2.32 bits per heavy atom. The van der Waals surface area contributed by atoms with Crippen molar-refractivity contribution >= 4 is 38.5 Å². The zero-order valence-corrected chi connectivity index (χ0v) is 15.6. The predicted molar refractivity (Wildman–Crippen MR) is 101 cm³/mol. The van der Waals surface area contributed by atoms with Crippen LogP contribution in [0.2, 0.25) is 0 Å². The summed E-state index contributed by atoms with van der Waals surface area (Å²) in [5.41, 5.74) is 1.58. The minimum absolute atomic E-state index is 0.00722. The van der Waals surface area contributed by atoms with E-state index in [2.05, 4.69) is 6.58 Å². The first-order valence-electron chi connectivity index (χ1n) is 7.43. The molecule has 2 aromatic rings. The summed E-state index contributed by atoms with van der Waals surface area (Å²) >= 11 is 0. The van der Waals surface area contributed by atoms with Crippen molar-refractivity contribution in [2.24, 2.45) is 0 Å². The molecule has 0 aromatic heterocycles. The van der Waals surface area contributed by atoms with Gasteiger partial charge >= 0.3 is 0 Å². The highest BCUT2D eigenvalue weighted by atomic mass is 32.2. The molecule has 0 N–H and O–H groups in total. The van der Waals surface area contributed by atoms with Gasteiger partial charge in [-0.05, 0) is 30.7 Å². The number of aryl methyl sites for hydroxylation is 1. The summed E-state index contributed by atoms with van der Waals surface area (Å²) in [6, 6.07) is 12.8. The van der Waals surface area contributed by atoms with Crippen molar-refractivity contribution in [3.8, 4) is 0 Å². The quantitative estimate of drug-likeness (QED) is 0.776. The van der Waals surface area contributed by atoms with Crippen molar-refractivity contribution in [1.82, 2.24) is 0 Å². The molecule has 0 radical (unpaired) electrons. The topological polar surface area (TPSA) is 71.5 Å². The summed E-state index contributed by atoms with van der Waals surface area (Å²) < 4.78 is 38.4. The van der Waals surface area contributed by atoms with Gasteiger partial charge in [0.15, 0.2) is 0 Å². The molecule has 0 aliphatic heterocycles. The minimum Gasteiger partial charge on any atom is -0.272 e. The van der Waals surface area contributed by atoms with Crippen LogP contribution in [0, 0.1) is 6.92 Å². The maximum absolute atomic E-state index is 13.1. The second-order valence-electron chi connectivity index (χ2n) is 5.46. The van der Waals surface area contributed by atoms with E-state index in [0.29, 0.717) is 5.56 Å². The molecular weight excluding hydrogens is 358 g/mol. The third kappa shape index (κ3) is 4.24. The van der Waals surface area contributed by atoms with Crippen LogP contribution >= 0.6 is 0 Å². The molecule has 0 bridgehead atoms. The first-order chi connectivity index (χ1) is 11.8. The molecule has 0 saturated carbocycles. The maximum atomic E-state index is 13.1. The van der Waals surface area contributed by atoms with E-state index < -0.39 is 32.5 Å². The van der Waals surface area contributed by atoms with Crippen LogP contribution in [-0.2, 0) is 25.6 Å². The number of carbonyl (C=O) groups is 1. The maximum Gasteiger partial charge on any atom is 0.270 e. The molecule has 1 atom stereocenters. The zero-order valence-electron chi connectivity index (χ0n) is 14.0. The van der Waals surface area contributed by atoms with Crippen LogP contribution in [0.3, 0.4) is 0 Å². The lowest BCUT2D eigenvalue weighted by atomic mass is 10.2. The van der Waals surface area contributed by atoms with Crippen LogP contribution in [0.4, 0.5) is 5.69 Å². The van der Waals surface area contributed by atoms with Crippen molar-refractivity contribution < 1.29 is 17.4 Å². The van der Waals surface area contributed by atoms with Crippen LogP contribution in [0.15, 0.2) is 60.0 Å². The molecule has 0 aliphatic rings. The average Bonchev–Trinajstić information content (AvgIpc) is 2.55. The van der Waals surface area contributed by atoms with Gasteiger partial charge in [-0.3, -0.25) is 9.00 Å². The van der Waals surface area contributed by atoms with E-state index in [-0.39, 0.29) is 10.6 Å². The molecule has 7 heteroatoms. The Morgan fingerprint density at radius 1 is 1.16 bits per heavy atom. The Kier molecular flexibility index (Phi) is 5.92. The smallest absolute Gasteiger partial charge is 0.270 e. The number of benzene rings is 2. The molecule has 0 spiro atoms. The van der Waals surface area contributed by atoms with E-state index in [1.165, 1.54) is 30.5 Å². The molecule has 2 aromatic carbocycles. The van der Waals surface area contributed by atoms with E-state index in [1.54, 1.807) is 30.3 Å². The van der Waals surface area contributed by atoms with Gasteiger partial charge in [0, 0.05) is 17.1 Å². The number of carbonyl (C=O) groups excluding carboxylic acids is 1. The number of sulfonamides is 1. The lowest BCUT2D eigenvalue weighted by Gasteiger charge is -2.24. The Labute approximate surface area is 150 Å². The molecule has 0 heterocycles. The van der Waals surface area contributed by atoms with E-state index >= 15 is 0 Å². The number of hydrogen-bond acceptors (Lipinski definition) is 4. The predicted octanol–water partition coefficient (Wildman–Crippen LogP) is 2.74. The largest absolute Gasteiger partial charge is 0.272 e. The van der Waals surface area contributed by atoms with Crippen LogP contribution in [0.25, 0.3) is 6.08 Å². The molecule has 25 heavy (non-hydrogen) atoms. The molecule has 5 nitrogen and oxygen atoms in total. The van der Waals surface area contributed by atoms with Gasteiger partial charge in [0.2, 0.25) is 0 Å². The van der Waals surface area contributed by atoms with Gasteiger partial charge in [0.25, 0.3) is 15.9 Å². The SMILES string of the molecule is C=Cc1ccccc1N(C(=O)CS(C)=O)S(=O)(=O)c1ccc(C)cc1. The molecular formula is C18H19NO4S2. The van der Waals surface area contributed by atoms with Gasteiger partial charge < -0.3 is 0 Å². The highest BCUT2D eigenvalue weighted by Gasteiger charge is 2.32. The summed E-state index contributed by atoms with van der Waals surface area (Å²) in [5.74, 6) is -1.15. The van der Waals surface area contributed by atoms with Gasteiger partial charge in [0.1, 0.15) is 5.75 Å². The van der Waals surface area contributed by atoms with Crippen LogP contribution in [-0.4, -0.2) is 30.5 Å². The summed E-state index contributed by atoms with van der Waals surface area (Å²) in [5, 5.41) is 0. The van der Waals surface area contributed by atoms with Gasteiger partial charge in [-0.25, -0.2) is 12.7 Å². The fourth-order valence-electron chi connectivity index (χ4n) is 2.29. The number of hydrogen-bond donors (Lipinski definition) is 0. The molecule has 0 aliphatic carbocycles. The lowest BCUT2D eigenvalue weighted by molar-refractivity contribution is -0.115. The van der Waals surface area contributed by atoms with Crippen LogP contribution < -0.4 is 4.31 Å². The monoisotopic (exact) mass is 377 g/mol. The van der Waals surface area contributed by atoms with Gasteiger partial charge in [-0.15, -0.1) is 0 Å². The fourth-order valence-corrected chi connectivity index (χ4v) is 4.30. The lowest BCUT2D eigenvalue weighted by Crippen LogP contribution is -2.40. The first kappa shape index (κ1) is 19.1. The third-order valence-corrected chi connectivity index (χ3v) is 5.89. The summed E-state index contributed by atoms with van der Waals surface area (Å²) in [6.07, 6.45) is 2.83. The van der Waals surface area contributed by atoms with Crippen LogP contribution in [0.1, 0.15) is 11.1 Å². The van der Waals surface area contributed by atoms with Crippen molar-refractivity contribution in [3.05, 3.63) is 66.2 Å². The van der Waals surface area contributed by atoms with Crippen LogP contribution in [0.5, 0.6) is 0 Å². The second-order valence-corrected chi connectivity index (χ2v) is 8.68. The Morgan fingerprint density at radius 2 is 1.76 bits per heavy atom. The third-order valence-electron chi connectivity index (χ3n) is 3.49. The summed E-state index contributed by atoms with van der Waals surface area (Å²) in [6.45, 7) is 5.51. The Balaban J connectivity index is 2.66.